The number of nitriles is 1. The first-order chi connectivity index (χ1) is 9.92. The second-order valence-electron chi connectivity index (χ2n) is 4.83. The third-order valence-corrected chi connectivity index (χ3v) is 3.58. The van der Waals surface area contributed by atoms with Crippen molar-refractivity contribution in [1.29, 1.82) is 5.26 Å². The molecule has 0 spiro atoms. The van der Waals surface area contributed by atoms with Gasteiger partial charge in [0, 0.05) is 23.9 Å². The van der Waals surface area contributed by atoms with E-state index in [-0.39, 0.29) is 11.3 Å². The molecule has 6 nitrogen and oxygen atoms in total. The lowest BCUT2D eigenvalue weighted by Gasteiger charge is -2.08. The number of rotatable bonds is 3. The summed E-state index contributed by atoms with van der Waals surface area (Å²) in [5, 5.41) is 17.7. The molecule has 0 atom stereocenters. The minimum absolute atomic E-state index is 0.162. The van der Waals surface area contributed by atoms with Gasteiger partial charge in [0.1, 0.15) is 11.6 Å². The van der Waals surface area contributed by atoms with Crippen molar-refractivity contribution in [2.24, 2.45) is 7.05 Å². The molecule has 2 aromatic heterocycles. The van der Waals surface area contributed by atoms with Gasteiger partial charge in [-0.05, 0) is 27.7 Å². The molecule has 0 amide bonds. The molecule has 21 heavy (non-hydrogen) atoms. The van der Waals surface area contributed by atoms with E-state index in [1.165, 1.54) is 0 Å². The molecule has 2 radical (unpaired) electrons. The average molecular weight is 282 g/mol. The summed E-state index contributed by atoms with van der Waals surface area (Å²) in [5.41, 5.74) is 4.02. The number of hydrogen-bond acceptors (Lipinski definition) is 5. The Kier molecular flexibility index (Phi) is 3.89. The van der Waals surface area contributed by atoms with Crippen LogP contribution in [0, 0.1) is 39.0 Å². The molecule has 0 aliphatic heterocycles. The third kappa shape index (κ3) is 2.33. The van der Waals surface area contributed by atoms with Gasteiger partial charge >= 0.3 is 8.05 Å². The van der Waals surface area contributed by atoms with Gasteiger partial charge in [-0.1, -0.05) is 5.16 Å². The SMILES string of the molecule is [B]OC(=C(C#N)c1c(C)nn(C)c1C)c1onc(C)c1C. The minimum atomic E-state index is 0.162. The fraction of sp³-hybridized carbons (Fsp3) is 0.357. The molecule has 7 heteroatoms. The molecule has 0 unspecified atom stereocenters. The maximum Gasteiger partial charge on any atom is 0.374 e. The lowest BCUT2D eigenvalue weighted by atomic mass is 10.0. The smallest absolute Gasteiger partial charge is 0.374 e. The Morgan fingerprint density at radius 1 is 1.29 bits per heavy atom. The second-order valence-corrected chi connectivity index (χ2v) is 4.83. The Morgan fingerprint density at radius 2 is 1.95 bits per heavy atom. The first-order valence-electron chi connectivity index (χ1n) is 6.37. The van der Waals surface area contributed by atoms with Crippen LogP contribution in [0.5, 0.6) is 0 Å². The van der Waals surface area contributed by atoms with Crippen LogP contribution in [-0.4, -0.2) is 23.0 Å². The highest BCUT2D eigenvalue weighted by molar-refractivity contribution is 6.06. The van der Waals surface area contributed by atoms with Crippen LogP contribution in [0.15, 0.2) is 4.52 Å². The molecule has 0 saturated carbocycles. The van der Waals surface area contributed by atoms with Crippen LogP contribution >= 0.6 is 0 Å². The molecule has 0 aliphatic carbocycles. The van der Waals surface area contributed by atoms with E-state index in [4.69, 9.17) is 17.2 Å². The van der Waals surface area contributed by atoms with Gasteiger partial charge in [0.2, 0.25) is 5.76 Å². The second kappa shape index (κ2) is 5.48. The van der Waals surface area contributed by atoms with Crippen LogP contribution in [0.25, 0.3) is 11.3 Å². The zero-order chi connectivity index (χ0) is 15.7. The standard InChI is InChI=1S/C14H15BN4O2/c1-7-8(2)18-21-13(7)14(20-15)11(6-16)12-9(3)17-19(5)10(12)4/h1-5H3. The van der Waals surface area contributed by atoms with Gasteiger partial charge in [-0.15, -0.1) is 0 Å². The normalized spacial score (nSPS) is 12.0. The quantitative estimate of drug-likeness (QED) is 0.489. The summed E-state index contributed by atoms with van der Waals surface area (Å²) >= 11 is 0. The van der Waals surface area contributed by atoms with Gasteiger partial charge in [-0.3, -0.25) is 4.68 Å². The molecule has 0 aromatic carbocycles. The van der Waals surface area contributed by atoms with E-state index in [0.717, 1.165) is 22.6 Å². The van der Waals surface area contributed by atoms with Crippen LogP contribution in [0.3, 0.4) is 0 Å². The summed E-state index contributed by atoms with van der Waals surface area (Å²) in [6, 6.07) is 2.13. The molecule has 0 fully saturated rings. The lowest BCUT2D eigenvalue weighted by Crippen LogP contribution is -1.98. The summed E-state index contributed by atoms with van der Waals surface area (Å²) < 4.78 is 11.9. The molecule has 0 saturated heterocycles. The highest BCUT2D eigenvalue weighted by atomic mass is 16.5. The Morgan fingerprint density at radius 3 is 2.33 bits per heavy atom. The molecule has 2 rings (SSSR count). The molecular formula is C14H15BN4O2. The summed E-state index contributed by atoms with van der Waals surface area (Å²) in [6.07, 6.45) is 0. The molecule has 2 aromatic rings. The fourth-order valence-electron chi connectivity index (χ4n) is 2.21. The van der Waals surface area contributed by atoms with Crippen molar-refractivity contribution in [3.63, 3.8) is 0 Å². The first kappa shape index (κ1) is 14.9. The van der Waals surface area contributed by atoms with Gasteiger partial charge in [0.05, 0.1) is 11.4 Å². The predicted molar refractivity (Wildman–Crippen MR) is 77.9 cm³/mol. The van der Waals surface area contributed by atoms with Crippen molar-refractivity contribution in [1.82, 2.24) is 14.9 Å². The van der Waals surface area contributed by atoms with Crippen molar-refractivity contribution in [3.8, 4) is 6.07 Å². The summed E-state index contributed by atoms with van der Waals surface area (Å²) in [6.45, 7) is 7.34. The summed E-state index contributed by atoms with van der Waals surface area (Å²) in [5.74, 6) is 0.518. The van der Waals surface area contributed by atoms with Crippen molar-refractivity contribution in [3.05, 3.63) is 34.0 Å². The Labute approximate surface area is 124 Å². The number of allylic oxidation sites excluding steroid dienone is 1. The van der Waals surface area contributed by atoms with Gasteiger partial charge in [0.15, 0.2) is 5.76 Å². The molecule has 2 heterocycles. The average Bonchev–Trinajstić information content (AvgIpc) is 2.90. The molecule has 106 valence electrons. The monoisotopic (exact) mass is 282 g/mol. The number of aryl methyl sites for hydroxylation is 3. The predicted octanol–water partition coefficient (Wildman–Crippen LogP) is 2.13. The lowest BCUT2D eigenvalue weighted by molar-refractivity contribution is 0.387. The fourth-order valence-corrected chi connectivity index (χ4v) is 2.21. The maximum absolute atomic E-state index is 9.56. The van der Waals surface area contributed by atoms with Crippen molar-refractivity contribution < 1.29 is 9.18 Å². The van der Waals surface area contributed by atoms with Gasteiger partial charge in [-0.2, -0.15) is 10.4 Å². The Hall–Kier alpha value is -2.49. The number of aromatic nitrogens is 3. The molecule has 0 bridgehead atoms. The van der Waals surface area contributed by atoms with Crippen molar-refractivity contribution in [2.45, 2.75) is 27.7 Å². The summed E-state index contributed by atoms with van der Waals surface area (Å²) in [4.78, 5) is 0. The molecule has 0 N–H and O–H groups in total. The van der Waals surface area contributed by atoms with Gasteiger partial charge in [-0.25, -0.2) is 0 Å². The van der Waals surface area contributed by atoms with Crippen LogP contribution in [0.1, 0.15) is 34.0 Å². The van der Waals surface area contributed by atoms with E-state index in [9.17, 15) is 5.26 Å². The first-order valence-corrected chi connectivity index (χ1v) is 6.37. The highest BCUT2D eigenvalue weighted by Crippen LogP contribution is 2.32. The third-order valence-electron chi connectivity index (χ3n) is 3.58. The van der Waals surface area contributed by atoms with E-state index >= 15 is 0 Å². The number of hydrogen-bond donors (Lipinski definition) is 0. The van der Waals surface area contributed by atoms with Crippen LogP contribution < -0.4 is 0 Å². The van der Waals surface area contributed by atoms with Crippen molar-refractivity contribution in [2.75, 3.05) is 0 Å². The molecular weight excluding hydrogens is 267 g/mol. The van der Waals surface area contributed by atoms with Crippen LogP contribution in [-0.2, 0) is 11.7 Å². The van der Waals surface area contributed by atoms with E-state index in [2.05, 4.69) is 16.3 Å². The van der Waals surface area contributed by atoms with Gasteiger partial charge in [0.25, 0.3) is 0 Å². The van der Waals surface area contributed by atoms with E-state index < -0.39 is 0 Å². The highest BCUT2D eigenvalue weighted by Gasteiger charge is 2.23. The van der Waals surface area contributed by atoms with Crippen molar-refractivity contribution >= 4 is 19.4 Å². The van der Waals surface area contributed by atoms with Crippen LogP contribution in [0.2, 0.25) is 0 Å². The Bertz CT molecular complexity index is 765. The minimum Gasteiger partial charge on any atom is -0.564 e. The molecule has 0 aliphatic rings. The number of nitrogens with zero attached hydrogens (tertiary/aromatic N) is 4. The van der Waals surface area contributed by atoms with Crippen LogP contribution in [0.4, 0.5) is 0 Å². The maximum atomic E-state index is 9.56. The van der Waals surface area contributed by atoms with E-state index in [0.29, 0.717) is 11.3 Å². The summed E-state index contributed by atoms with van der Waals surface area (Å²) in [7, 11) is 7.19. The van der Waals surface area contributed by atoms with Gasteiger partial charge < -0.3 is 9.18 Å². The van der Waals surface area contributed by atoms with E-state index in [1.807, 2.05) is 34.7 Å². The zero-order valence-corrected chi connectivity index (χ0v) is 12.7. The zero-order valence-electron chi connectivity index (χ0n) is 12.7. The topological polar surface area (TPSA) is 76.9 Å². The van der Waals surface area contributed by atoms with E-state index in [1.54, 1.807) is 4.68 Å². The largest absolute Gasteiger partial charge is 0.564 e. The Balaban J connectivity index is 2.77.